The highest BCUT2D eigenvalue weighted by Crippen LogP contribution is 2.09. The van der Waals surface area contributed by atoms with Crippen LogP contribution in [0.1, 0.15) is 11.4 Å². The van der Waals surface area contributed by atoms with Crippen LogP contribution in [0.25, 0.3) is 0 Å². The maximum absolute atomic E-state index is 5.45. The minimum absolute atomic E-state index is 0.238. The molecule has 0 aromatic carbocycles. The number of nitrogen functional groups attached to an aromatic ring is 1. The van der Waals surface area contributed by atoms with Gasteiger partial charge in [0.2, 0.25) is 5.95 Å². The number of nitrogens with two attached hydrogens (primary N) is 1. The molecule has 0 aliphatic rings. The second-order valence-corrected chi connectivity index (χ2v) is 3.76. The zero-order valence-corrected chi connectivity index (χ0v) is 9.64. The van der Waals surface area contributed by atoms with Crippen molar-refractivity contribution >= 4 is 21.9 Å². The summed E-state index contributed by atoms with van der Waals surface area (Å²) >= 11 is 3.25. The molecule has 0 amide bonds. The zero-order chi connectivity index (χ0) is 10.8. The number of rotatable bonds is 2. The van der Waals surface area contributed by atoms with Crippen molar-refractivity contribution in [3.63, 3.8) is 0 Å². The van der Waals surface area contributed by atoms with Crippen LogP contribution in [0, 0.1) is 6.92 Å². The van der Waals surface area contributed by atoms with Crippen molar-refractivity contribution in [2.75, 3.05) is 5.73 Å². The molecule has 0 aliphatic heterocycles. The first kappa shape index (κ1) is 10.0. The minimum atomic E-state index is 0.238. The van der Waals surface area contributed by atoms with Crippen LogP contribution in [-0.2, 0) is 6.54 Å². The van der Waals surface area contributed by atoms with Crippen molar-refractivity contribution in [3.8, 4) is 0 Å². The lowest BCUT2D eigenvalue weighted by atomic mass is 10.4. The first-order chi connectivity index (χ1) is 7.15. The van der Waals surface area contributed by atoms with Gasteiger partial charge in [0.25, 0.3) is 0 Å². The van der Waals surface area contributed by atoms with E-state index in [9.17, 15) is 0 Å². The molecule has 15 heavy (non-hydrogen) atoms. The second kappa shape index (κ2) is 3.93. The topological polar surface area (TPSA) is 82.5 Å². The van der Waals surface area contributed by atoms with Crippen LogP contribution in [-0.4, -0.2) is 24.7 Å². The standard InChI is InChI=1S/C8H9BrN6/c1-5-2-12-6(3-11-5)4-15-7(9)13-8(10)14-15/h2-3H,4H2,1H3,(H2,10,14). The van der Waals surface area contributed by atoms with E-state index >= 15 is 0 Å². The van der Waals surface area contributed by atoms with Crippen LogP contribution < -0.4 is 5.73 Å². The average Bonchev–Trinajstić information content (AvgIpc) is 2.49. The smallest absolute Gasteiger partial charge is 0.240 e. The van der Waals surface area contributed by atoms with Gasteiger partial charge in [-0.1, -0.05) is 0 Å². The van der Waals surface area contributed by atoms with Crippen molar-refractivity contribution in [2.24, 2.45) is 0 Å². The van der Waals surface area contributed by atoms with Gasteiger partial charge in [0.1, 0.15) is 0 Å². The summed E-state index contributed by atoms with van der Waals surface area (Å²) in [7, 11) is 0. The Labute approximate surface area is 94.7 Å². The average molecular weight is 269 g/mol. The Morgan fingerprint density at radius 1 is 1.40 bits per heavy atom. The SMILES string of the molecule is Cc1cnc(Cn2nc(N)nc2Br)cn1. The molecule has 0 saturated heterocycles. The van der Waals surface area contributed by atoms with E-state index in [-0.39, 0.29) is 5.95 Å². The van der Waals surface area contributed by atoms with Gasteiger partial charge < -0.3 is 5.73 Å². The van der Waals surface area contributed by atoms with Crippen LogP contribution in [0.3, 0.4) is 0 Å². The Balaban J connectivity index is 2.21. The lowest BCUT2D eigenvalue weighted by molar-refractivity contribution is 0.653. The molecule has 2 aromatic heterocycles. The van der Waals surface area contributed by atoms with Gasteiger partial charge in [0.05, 0.1) is 24.1 Å². The summed E-state index contributed by atoms with van der Waals surface area (Å²) in [5.74, 6) is 0.238. The first-order valence-corrected chi connectivity index (χ1v) is 5.08. The Kier molecular flexibility index (Phi) is 2.63. The molecule has 0 saturated carbocycles. The van der Waals surface area contributed by atoms with E-state index in [0.29, 0.717) is 11.3 Å². The lowest BCUT2D eigenvalue weighted by Gasteiger charge is -2.00. The molecule has 2 rings (SSSR count). The summed E-state index contributed by atoms with van der Waals surface area (Å²) in [4.78, 5) is 12.3. The second-order valence-electron chi connectivity index (χ2n) is 3.05. The molecular formula is C8H9BrN6. The van der Waals surface area contributed by atoms with E-state index in [2.05, 4.69) is 36.0 Å². The van der Waals surface area contributed by atoms with E-state index in [1.165, 1.54) is 0 Å². The Morgan fingerprint density at radius 2 is 2.20 bits per heavy atom. The predicted octanol–water partition coefficient (Wildman–Crippen LogP) is 0.770. The van der Waals surface area contributed by atoms with Gasteiger partial charge in [0.15, 0.2) is 4.73 Å². The zero-order valence-electron chi connectivity index (χ0n) is 8.05. The molecule has 7 heteroatoms. The van der Waals surface area contributed by atoms with Crippen molar-refractivity contribution in [3.05, 3.63) is 28.5 Å². The van der Waals surface area contributed by atoms with Gasteiger partial charge in [-0.05, 0) is 22.9 Å². The molecule has 2 heterocycles. The molecule has 0 bridgehead atoms. The Morgan fingerprint density at radius 3 is 2.73 bits per heavy atom. The number of hydrogen-bond acceptors (Lipinski definition) is 5. The van der Waals surface area contributed by atoms with E-state index < -0.39 is 0 Å². The van der Waals surface area contributed by atoms with Gasteiger partial charge in [0, 0.05) is 6.20 Å². The minimum Gasteiger partial charge on any atom is -0.366 e. The number of nitrogens with zero attached hydrogens (tertiary/aromatic N) is 5. The van der Waals surface area contributed by atoms with E-state index in [0.717, 1.165) is 11.4 Å². The Hall–Kier alpha value is -1.50. The maximum Gasteiger partial charge on any atom is 0.240 e. The molecule has 0 unspecified atom stereocenters. The summed E-state index contributed by atoms with van der Waals surface area (Å²) in [6.07, 6.45) is 3.42. The normalized spacial score (nSPS) is 10.5. The molecule has 0 atom stereocenters. The third-order valence-electron chi connectivity index (χ3n) is 1.79. The van der Waals surface area contributed by atoms with E-state index in [1.54, 1.807) is 17.1 Å². The number of aromatic nitrogens is 5. The third kappa shape index (κ3) is 2.30. The molecule has 6 nitrogen and oxygen atoms in total. The van der Waals surface area contributed by atoms with Crippen molar-refractivity contribution < 1.29 is 0 Å². The summed E-state index contributed by atoms with van der Waals surface area (Å²) in [6.45, 7) is 2.39. The van der Waals surface area contributed by atoms with Gasteiger partial charge in [-0.25, -0.2) is 4.68 Å². The highest BCUT2D eigenvalue weighted by Gasteiger charge is 2.05. The molecule has 2 N–H and O–H groups in total. The van der Waals surface area contributed by atoms with Crippen LogP contribution >= 0.6 is 15.9 Å². The highest BCUT2D eigenvalue weighted by molar-refractivity contribution is 9.10. The monoisotopic (exact) mass is 268 g/mol. The highest BCUT2D eigenvalue weighted by atomic mass is 79.9. The van der Waals surface area contributed by atoms with Crippen LogP contribution in [0.5, 0.6) is 0 Å². The van der Waals surface area contributed by atoms with Gasteiger partial charge >= 0.3 is 0 Å². The molecular weight excluding hydrogens is 260 g/mol. The van der Waals surface area contributed by atoms with E-state index in [4.69, 9.17) is 5.73 Å². The quantitative estimate of drug-likeness (QED) is 0.870. The third-order valence-corrected chi connectivity index (χ3v) is 2.38. The van der Waals surface area contributed by atoms with Crippen LogP contribution in [0.2, 0.25) is 0 Å². The molecule has 0 radical (unpaired) electrons. The van der Waals surface area contributed by atoms with Gasteiger partial charge in [-0.2, -0.15) is 4.98 Å². The number of anilines is 1. The largest absolute Gasteiger partial charge is 0.366 e. The van der Waals surface area contributed by atoms with Crippen molar-refractivity contribution in [1.82, 2.24) is 24.7 Å². The predicted molar refractivity (Wildman–Crippen MR) is 58.0 cm³/mol. The summed E-state index contributed by atoms with van der Waals surface area (Å²) in [6, 6.07) is 0. The fraction of sp³-hybridized carbons (Fsp3) is 0.250. The molecule has 0 fully saturated rings. The van der Waals surface area contributed by atoms with Gasteiger partial charge in [-0.3, -0.25) is 9.97 Å². The van der Waals surface area contributed by atoms with Crippen LogP contribution in [0.4, 0.5) is 5.95 Å². The van der Waals surface area contributed by atoms with Gasteiger partial charge in [-0.15, -0.1) is 5.10 Å². The molecule has 0 aliphatic carbocycles. The lowest BCUT2D eigenvalue weighted by Crippen LogP contribution is -2.05. The molecule has 2 aromatic rings. The summed E-state index contributed by atoms with van der Waals surface area (Å²) < 4.78 is 2.21. The summed E-state index contributed by atoms with van der Waals surface area (Å²) in [5.41, 5.74) is 7.14. The van der Waals surface area contributed by atoms with E-state index in [1.807, 2.05) is 6.92 Å². The Bertz CT molecular complexity index is 462. The summed E-state index contributed by atoms with van der Waals surface area (Å²) in [5, 5.41) is 4.00. The van der Waals surface area contributed by atoms with Crippen molar-refractivity contribution in [1.29, 1.82) is 0 Å². The van der Waals surface area contributed by atoms with Crippen molar-refractivity contribution in [2.45, 2.75) is 13.5 Å². The number of aryl methyl sites for hydroxylation is 1. The molecule has 0 spiro atoms. The fourth-order valence-corrected chi connectivity index (χ4v) is 1.48. The van der Waals surface area contributed by atoms with Crippen LogP contribution in [0.15, 0.2) is 17.1 Å². The number of hydrogen-bond donors (Lipinski definition) is 1. The number of halogens is 1. The maximum atomic E-state index is 5.45. The first-order valence-electron chi connectivity index (χ1n) is 4.28. The molecule has 78 valence electrons. The fourth-order valence-electron chi connectivity index (χ4n) is 1.09.